The van der Waals surface area contributed by atoms with Gasteiger partial charge in [-0.05, 0) is 13.8 Å². The van der Waals surface area contributed by atoms with Gasteiger partial charge in [-0.25, -0.2) is 4.98 Å². The first-order chi connectivity index (χ1) is 9.64. The Morgan fingerprint density at radius 1 is 1.38 bits per heavy atom. The minimum Gasteiger partial charge on any atom is -0.374 e. The third-order valence-corrected chi connectivity index (χ3v) is 3.98. The van der Waals surface area contributed by atoms with Crippen molar-refractivity contribution in [2.75, 3.05) is 0 Å². The van der Waals surface area contributed by atoms with Gasteiger partial charge in [-0.3, -0.25) is 4.68 Å². The van der Waals surface area contributed by atoms with E-state index in [-0.39, 0.29) is 6.04 Å². The van der Waals surface area contributed by atoms with Crippen LogP contribution in [0.4, 0.5) is 13.2 Å². The van der Waals surface area contributed by atoms with Gasteiger partial charge in [0, 0.05) is 0 Å². The number of alkyl halides is 3. The standard InChI is InChI=1S/C12H12ClF3N4O/c1-6-5-19-9(7(13)3-18-19)8-4-17-10(20(6)8)11(2,21)12(14,15)16/h3-4,6,21H,5H2,1-2H3/t6-,11+/m0/s1. The number of imidazole rings is 1. The second kappa shape index (κ2) is 4.23. The predicted molar refractivity (Wildman–Crippen MR) is 68.8 cm³/mol. The summed E-state index contributed by atoms with van der Waals surface area (Å²) in [6.45, 7) is 2.79. The maximum Gasteiger partial charge on any atom is 0.424 e. The number of aromatic nitrogens is 4. The predicted octanol–water partition coefficient (Wildman–Crippen LogP) is 2.74. The highest BCUT2D eigenvalue weighted by Crippen LogP contribution is 2.43. The third-order valence-electron chi connectivity index (χ3n) is 3.70. The molecule has 2 atom stereocenters. The molecule has 3 rings (SSSR count). The maximum absolute atomic E-state index is 13.1. The molecular formula is C12H12ClF3N4O. The molecule has 0 saturated heterocycles. The molecule has 0 spiro atoms. The lowest BCUT2D eigenvalue weighted by atomic mass is 10.0. The van der Waals surface area contributed by atoms with Gasteiger partial charge in [0.1, 0.15) is 5.69 Å². The fourth-order valence-electron chi connectivity index (χ4n) is 2.56. The van der Waals surface area contributed by atoms with Crippen LogP contribution in [0.5, 0.6) is 0 Å². The summed E-state index contributed by atoms with van der Waals surface area (Å²) in [4.78, 5) is 3.80. The van der Waals surface area contributed by atoms with E-state index < -0.39 is 17.6 Å². The molecule has 0 aliphatic carbocycles. The highest BCUT2D eigenvalue weighted by molar-refractivity contribution is 6.32. The molecule has 1 aliphatic heterocycles. The number of hydrogen-bond acceptors (Lipinski definition) is 3. The quantitative estimate of drug-likeness (QED) is 0.879. The number of hydrogen-bond donors (Lipinski definition) is 1. The number of aliphatic hydroxyl groups is 1. The molecule has 0 aromatic carbocycles. The van der Waals surface area contributed by atoms with Crippen LogP contribution >= 0.6 is 11.6 Å². The van der Waals surface area contributed by atoms with Gasteiger partial charge >= 0.3 is 6.18 Å². The molecule has 0 saturated carbocycles. The van der Waals surface area contributed by atoms with E-state index in [1.54, 1.807) is 11.6 Å². The molecule has 0 radical (unpaired) electrons. The Labute approximate surface area is 123 Å². The molecular weight excluding hydrogens is 309 g/mol. The summed E-state index contributed by atoms with van der Waals surface area (Å²) in [6, 6.07) is -0.338. The van der Waals surface area contributed by atoms with E-state index in [4.69, 9.17) is 11.6 Å². The average Bonchev–Trinajstić information content (AvgIpc) is 2.92. The Morgan fingerprint density at radius 3 is 2.67 bits per heavy atom. The molecule has 0 amide bonds. The van der Waals surface area contributed by atoms with Crippen molar-refractivity contribution >= 4 is 11.6 Å². The Kier molecular flexibility index (Phi) is 2.90. The molecule has 3 heterocycles. The Hall–Kier alpha value is -1.54. The van der Waals surface area contributed by atoms with Gasteiger partial charge in [0.15, 0.2) is 5.82 Å². The summed E-state index contributed by atoms with van der Waals surface area (Å²) in [5.41, 5.74) is -2.11. The molecule has 2 aromatic rings. The third kappa shape index (κ3) is 1.89. The largest absolute Gasteiger partial charge is 0.424 e. The molecule has 9 heteroatoms. The smallest absolute Gasteiger partial charge is 0.374 e. The topological polar surface area (TPSA) is 55.9 Å². The lowest BCUT2D eigenvalue weighted by Gasteiger charge is -2.31. The molecule has 114 valence electrons. The molecule has 1 N–H and O–H groups in total. The summed E-state index contributed by atoms with van der Waals surface area (Å²) in [5.74, 6) is -0.444. The lowest BCUT2D eigenvalue weighted by molar-refractivity contribution is -0.262. The summed E-state index contributed by atoms with van der Waals surface area (Å²) in [5, 5.41) is 14.3. The zero-order chi connectivity index (χ0) is 15.6. The van der Waals surface area contributed by atoms with Crippen molar-refractivity contribution in [3.63, 3.8) is 0 Å². The van der Waals surface area contributed by atoms with Crippen molar-refractivity contribution in [2.24, 2.45) is 0 Å². The van der Waals surface area contributed by atoms with Gasteiger partial charge in [-0.2, -0.15) is 18.3 Å². The van der Waals surface area contributed by atoms with Gasteiger partial charge in [0.25, 0.3) is 0 Å². The summed E-state index contributed by atoms with van der Waals surface area (Å²) >= 11 is 6.04. The van der Waals surface area contributed by atoms with Crippen LogP contribution in [0.15, 0.2) is 12.4 Å². The first-order valence-corrected chi connectivity index (χ1v) is 6.61. The molecule has 0 unspecified atom stereocenters. The van der Waals surface area contributed by atoms with E-state index in [0.717, 1.165) is 0 Å². The highest BCUT2D eigenvalue weighted by Gasteiger charge is 2.55. The van der Waals surface area contributed by atoms with Crippen molar-refractivity contribution in [2.45, 2.75) is 38.2 Å². The summed E-state index contributed by atoms with van der Waals surface area (Å²) in [7, 11) is 0. The van der Waals surface area contributed by atoms with Crippen LogP contribution in [-0.4, -0.2) is 30.6 Å². The van der Waals surface area contributed by atoms with Crippen LogP contribution in [0, 0.1) is 0 Å². The SMILES string of the molecule is C[C@H]1Cn2ncc(Cl)c2-c2cnc([C@@](C)(O)C(F)(F)F)n21. The fraction of sp³-hybridized carbons (Fsp3) is 0.500. The summed E-state index contributed by atoms with van der Waals surface area (Å²) in [6.07, 6.45) is -2.10. The summed E-state index contributed by atoms with van der Waals surface area (Å²) < 4.78 is 42.2. The van der Waals surface area contributed by atoms with E-state index in [9.17, 15) is 18.3 Å². The first kappa shape index (κ1) is 14.4. The van der Waals surface area contributed by atoms with Crippen molar-refractivity contribution in [3.05, 3.63) is 23.2 Å². The average molecular weight is 321 g/mol. The minimum atomic E-state index is -4.82. The van der Waals surface area contributed by atoms with Crippen LogP contribution in [0.3, 0.4) is 0 Å². The van der Waals surface area contributed by atoms with Crippen LogP contribution in [0.25, 0.3) is 11.4 Å². The van der Waals surface area contributed by atoms with E-state index >= 15 is 0 Å². The zero-order valence-corrected chi connectivity index (χ0v) is 11.9. The van der Waals surface area contributed by atoms with Crippen molar-refractivity contribution in [1.29, 1.82) is 0 Å². The van der Waals surface area contributed by atoms with Gasteiger partial charge in [0.2, 0.25) is 5.60 Å². The molecule has 0 bridgehead atoms. The Balaban J connectivity index is 2.23. The molecule has 1 aliphatic rings. The molecule has 21 heavy (non-hydrogen) atoms. The maximum atomic E-state index is 13.1. The van der Waals surface area contributed by atoms with Crippen molar-refractivity contribution in [3.8, 4) is 11.4 Å². The fourth-order valence-corrected chi connectivity index (χ4v) is 2.79. The van der Waals surface area contributed by atoms with Crippen LogP contribution < -0.4 is 0 Å². The van der Waals surface area contributed by atoms with E-state index in [1.807, 2.05) is 0 Å². The van der Waals surface area contributed by atoms with E-state index in [1.165, 1.54) is 17.0 Å². The van der Waals surface area contributed by atoms with E-state index in [2.05, 4.69) is 10.1 Å². The zero-order valence-electron chi connectivity index (χ0n) is 11.2. The van der Waals surface area contributed by atoms with E-state index in [0.29, 0.717) is 29.9 Å². The van der Waals surface area contributed by atoms with Gasteiger partial charge in [-0.1, -0.05) is 11.6 Å². The minimum absolute atomic E-state index is 0.334. The van der Waals surface area contributed by atoms with Gasteiger partial charge in [0.05, 0.1) is 35.7 Å². The number of fused-ring (bicyclic) bond motifs is 3. The Morgan fingerprint density at radius 2 is 2.05 bits per heavy atom. The second-order valence-electron chi connectivity index (χ2n) is 5.28. The number of halogens is 4. The van der Waals surface area contributed by atoms with Crippen LogP contribution in [0.1, 0.15) is 25.7 Å². The lowest BCUT2D eigenvalue weighted by Crippen LogP contribution is -2.42. The van der Waals surface area contributed by atoms with Gasteiger partial charge in [-0.15, -0.1) is 0 Å². The molecule has 0 fully saturated rings. The Bertz CT molecular complexity index is 704. The monoisotopic (exact) mass is 320 g/mol. The number of nitrogens with zero attached hydrogens (tertiary/aromatic N) is 4. The van der Waals surface area contributed by atoms with Crippen molar-refractivity contribution < 1.29 is 18.3 Å². The second-order valence-corrected chi connectivity index (χ2v) is 5.69. The molecule has 5 nitrogen and oxygen atoms in total. The van der Waals surface area contributed by atoms with Gasteiger partial charge < -0.3 is 9.67 Å². The first-order valence-electron chi connectivity index (χ1n) is 6.23. The van der Waals surface area contributed by atoms with Crippen LogP contribution in [0.2, 0.25) is 5.02 Å². The van der Waals surface area contributed by atoms with Crippen molar-refractivity contribution in [1.82, 2.24) is 19.3 Å². The molecule has 2 aromatic heterocycles. The normalized spacial score (nSPS) is 20.8. The van der Waals surface area contributed by atoms with Crippen LogP contribution in [-0.2, 0) is 12.1 Å². The number of rotatable bonds is 1. The highest BCUT2D eigenvalue weighted by atomic mass is 35.5.